The lowest BCUT2D eigenvalue weighted by Gasteiger charge is -2.21. The molecule has 0 aliphatic carbocycles. The van der Waals surface area contributed by atoms with Gasteiger partial charge in [-0.15, -0.1) is 0 Å². The summed E-state index contributed by atoms with van der Waals surface area (Å²) in [4.78, 5) is 42.7. The minimum absolute atomic E-state index is 0.0437. The van der Waals surface area contributed by atoms with Crippen molar-refractivity contribution in [2.24, 2.45) is 0 Å². The maximum atomic E-state index is 12.6. The van der Waals surface area contributed by atoms with E-state index in [1.807, 2.05) is 39.8 Å². The van der Waals surface area contributed by atoms with Crippen LogP contribution >= 0.6 is 0 Å². The van der Waals surface area contributed by atoms with Crippen LogP contribution in [0.2, 0.25) is 0 Å². The van der Waals surface area contributed by atoms with Gasteiger partial charge in [0.2, 0.25) is 11.8 Å². The van der Waals surface area contributed by atoms with Crippen molar-refractivity contribution in [3.8, 4) is 0 Å². The molecular weight excluding hydrogens is 344 g/mol. The molecule has 0 radical (unpaired) electrons. The molecule has 7 nitrogen and oxygen atoms in total. The lowest BCUT2D eigenvalue weighted by atomic mass is 10.1. The molecule has 27 heavy (non-hydrogen) atoms. The highest BCUT2D eigenvalue weighted by molar-refractivity contribution is 5.85. The molecule has 1 aromatic carbocycles. The number of amides is 2. The summed E-state index contributed by atoms with van der Waals surface area (Å²) < 4.78 is 1.54. The second-order valence-electron chi connectivity index (χ2n) is 6.95. The molecule has 2 rings (SSSR count). The van der Waals surface area contributed by atoms with Crippen LogP contribution < -0.4 is 10.9 Å². The van der Waals surface area contributed by atoms with Crippen molar-refractivity contribution in [2.45, 2.75) is 53.1 Å². The minimum Gasteiger partial charge on any atom is -0.352 e. The number of aryl methyl sites for hydroxylation is 2. The maximum Gasteiger partial charge on any atom is 0.261 e. The van der Waals surface area contributed by atoms with E-state index in [-0.39, 0.29) is 36.4 Å². The van der Waals surface area contributed by atoms with Crippen molar-refractivity contribution >= 4 is 22.7 Å². The molecule has 1 heterocycles. The van der Waals surface area contributed by atoms with E-state index >= 15 is 0 Å². The van der Waals surface area contributed by atoms with E-state index in [0.29, 0.717) is 30.4 Å². The van der Waals surface area contributed by atoms with Crippen LogP contribution in [0.4, 0.5) is 0 Å². The SMILES string of the molecule is CCN(CC(=O)NC(C)C)C(=O)CCCn1cnc2c(C)cccc2c1=O. The van der Waals surface area contributed by atoms with Gasteiger partial charge in [-0.05, 0) is 45.7 Å². The van der Waals surface area contributed by atoms with E-state index < -0.39 is 0 Å². The molecule has 7 heteroatoms. The molecule has 0 aliphatic heterocycles. The van der Waals surface area contributed by atoms with Crippen LogP contribution in [-0.2, 0) is 16.1 Å². The third kappa shape index (κ3) is 5.39. The largest absolute Gasteiger partial charge is 0.352 e. The molecular formula is C20H28N4O3. The number of para-hydroxylation sites is 1. The van der Waals surface area contributed by atoms with E-state index in [4.69, 9.17) is 0 Å². The van der Waals surface area contributed by atoms with E-state index in [2.05, 4.69) is 10.3 Å². The molecule has 0 fully saturated rings. The summed E-state index contributed by atoms with van der Waals surface area (Å²) in [6.45, 7) is 8.48. The first-order chi connectivity index (χ1) is 12.8. The summed E-state index contributed by atoms with van der Waals surface area (Å²) in [6.07, 6.45) is 2.33. The Morgan fingerprint density at radius 2 is 2.04 bits per heavy atom. The average molecular weight is 372 g/mol. The topological polar surface area (TPSA) is 84.3 Å². The van der Waals surface area contributed by atoms with Gasteiger partial charge in [-0.3, -0.25) is 19.0 Å². The first kappa shape index (κ1) is 20.6. The monoisotopic (exact) mass is 372 g/mol. The van der Waals surface area contributed by atoms with Gasteiger partial charge in [0.05, 0.1) is 23.8 Å². The summed E-state index contributed by atoms with van der Waals surface area (Å²) in [5.74, 6) is -0.250. The Bertz CT molecular complexity index is 873. The summed E-state index contributed by atoms with van der Waals surface area (Å²) in [5.41, 5.74) is 1.58. The average Bonchev–Trinajstić information content (AvgIpc) is 2.61. The standard InChI is InChI=1S/C20H28N4O3/c1-5-23(12-17(25)22-14(2)3)18(26)10-7-11-24-13-21-19-15(4)8-6-9-16(19)20(24)27/h6,8-9,13-14H,5,7,10-12H2,1-4H3,(H,22,25). The normalized spacial score (nSPS) is 11.0. The number of aromatic nitrogens is 2. The Kier molecular flexibility index (Phi) is 7.10. The lowest BCUT2D eigenvalue weighted by Crippen LogP contribution is -2.42. The number of fused-ring (bicyclic) bond motifs is 1. The van der Waals surface area contributed by atoms with Crippen LogP contribution in [0.3, 0.4) is 0 Å². The van der Waals surface area contributed by atoms with Crippen LogP contribution in [0.1, 0.15) is 39.2 Å². The van der Waals surface area contributed by atoms with Crippen molar-refractivity contribution in [1.29, 1.82) is 0 Å². The van der Waals surface area contributed by atoms with Crippen molar-refractivity contribution in [1.82, 2.24) is 19.8 Å². The number of likely N-dealkylation sites (N-methyl/N-ethyl adjacent to an activating group) is 1. The number of hydrogen-bond acceptors (Lipinski definition) is 4. The number of nitrogens with one attached hydrogen (secondary N) is 1. The highest BCUT2D eigenvalue weighted by atomic mass is 16.2. The second kappa shape index (κ2) is 9.30. The molecule has 1 N–H and O–H groups in total. The van der Waals surface area contributed by atoms with Gasteiger partial charge in [0.25, 0.3) is 5.56 Å². The summed E-state index contributed by atoms with van der Waals surface area (Å²) >= 11 is 0. The zero-order valence-electron chi connectivity index (χ0n) is 16.5. The number of carbonyl (C=O) groups excluding carboxylic acids is 2. The van der Waals surface area contributed by atoms with Gasteiger partial charge in [0.15, 0.2) is 0 Å². The summed E-state index contributed by atoms with van der Waals surface area (Å²) in [6, 6.07) is 5.58. The molecule has 0 saturated carbocycles. The zero-order chi connectivity index (χ0) is 20.0. The molecule has 1 aromatic heterocycles. The third-order valence-corrected chi connectivity index (χ3v) is 4.36. The van der Waals surface area contributed by atoms with Gasteiger partial charge in [0, 0.05) is 25.6 Å². The van der Waals surface area contributed by atoms with E-state index in [0.717, 1.165) is 5.56 Å². The summed E-state index contributed by atoms with van der Waals surface area (Å²) in [7, 11) is 0. The molecule has 2 aromatic rings. The molecule has 0 atom stereocenters. The third-order valence-electron chi connectivity index (χ3n) is 4.36. The zero-order valence-corrected chi connectivity index (χ0v) is 16.5. The molecule has 0 spiro atoms. The van der Waals surface area contributed by atoms with Gasteiger partial charge in [0.1, 0.15) is 0 Å². The Hall–Kier alpha value is -2.70. The van der Waals surface area contributed by atoms with Crippen LogP contribution in [0.5, 0.6) is 0 Å². The van der Waals surface area contributed by atoms with Crippen molar-refractivity contribution < 1.29 is 9.59 Å². The minimum atomic E-state index is -0.162. The number of carbonyl (C=O) groups is 2. The Morgan fingerprint density at radius 1 is 1.30 bits per heavy atom. The predicted molar refractivity (Wildman–Crippen MR) is 106 cm³/mol. The van der Waals surface area contributed by atoms with Gasteiger partial charge < -0.3 is 10.2 Å². The molecule has 0 saturated heterocycles. The van der Waals surface area contributed by atoms with Crippen LogP contribution in [0, 0.1) is 6.92 Å². The molecule has 0 unspecified atom stereocenters. The van der Waals surface area contributed by atoms with E-state index in [1.165, 1.54) is 15.8 Å². The quantitative estimate of drug-likeness (QED) is 0.766. The lowest BCUT2D eigenvalue weighted by molar-refractivity contribution is -0.136. The Morgan fingerprint density at radius 3 is 2.70 bits per heavy atom. The van der Waals surface area contributed by atoms with Crippen molar-refractivity contribution in [2.75, 3.05) is 13.1 Å². The highest BCUT2D eigenvalue weighted by Crippen LogP contribution is 2.11. The number of nitrogens with zero attached hydrogens (tertiary/aromatic N) is 3. The first-order valence-electron chi connectivity index (χ1n) is 9.35. The van der Waals surface area contributed by atoms with Crippen LogP contribution in [0.15, 0.2) is 29.3 Å². The number of hydrogen-bond donors (Lipinski definition) is 1. The fraction of sp³-hybridized carbons (Fsp3) is 0.500. The van der Waals surface area contributed by atoms with Gasteiger partial charge >= 0.3 is 0 Å². The predicted octanol–water partition coefficient (Wildman–Crippen LogP) is 1.86. The Labute approximate surface area is 159 Å². The Balaban J connectivity index is 1.96. The fourth-order valence-corrected chi connectivity index (χ4v) is 2.97. The smallest absolute Gasteiger partial charge is 0.261 e. The molecule has 0 bridgehead atoms. The van der Waals surface area contributed by atoms with E-state index in [9.17, 15) is 14.4 Å². The molecule has 0 aliphatic rings. The van der Waals surface area contributed by atoms with Gasteiger partial charge in [-0.1, -0.05) is 12.1 Å². The molecule has 2 amide bonds. The summed E-state index contributed by atoms with van der Waals surface area (Å²) in [5, 5.41) is 3.37. The first-order valence-corrected chi connectivity index (χ1v) is 9.35. The van der Waals surface area contributed by atoms with Crippen molar-refractivity contribution in [3.05, 3.63) is 40.4 Å². The fourth-order valence-electron chi connectivity index (χ4n) is 2.97. The van der Waals surface area contributed by atoms with Gasteiger partial charge in [-0.2, -0.15) is 0 Å². The number of benzene rings is 1. The maximum absolute atomic E-state index is 12.6. The van der Waals surface area contributed by atoms with E-state index in [1.54, 1.807) is 6.07 Å². The highest BCUT2D eigenvalue weighted by Gasteiger charge is 2.16. The van der Waals surface area contributed by atoms with Crippen molar-refractivity contribution in [3.63, 3.8) is 0 Å². The van der Waals surface area contributed by atoms with Crippen LogP contribution in [0.25, 0.3) is 10.9 Å². The number of rotatable bonds is 8. The second-order valence-corrected chi connectivity index (χ2v) is 6.95. The van der Waals surface area contributed by atoms with Gasteiger partial charge in [-0.25, -0.2) is 4.98 Å². The molecule has 146 valence electrons. The van der Waals surface area contributed by atoms with Crippen LogP contribution in [-0.4, -0.2) is 45.4 Å².